The van der Waals surface area contributed by atoms with Gasteiger partial charge in [-0.3, -0.25) is 0 Å². The Morgan fingerprint density at radius 2 is 2.11 bits per heavy atom. The summed E-state index contributed by atoms with van der Waals surface area (Å²) in [7, 11) is 0. The van der Waals surface area contributed by atoms with Crippen molar-refractivity contribution in [2.45, 2.75) is 26.5 Å². The van der Waals surface area contributed by atoms with Gasteiger partial charge in [0.1, 0.15) is 5.15 Å². The first-order valence-electron chi connectivity index (χ1n) is 5.75. The molecule has 5 heteroatoms. The number of halogens is 2. The Bertz CT molecular complexity index is 552. The number of hydrogen-bond donors (Lipinski definition) is 1. The molecular weight excluding hydrogens is 271 g/mol. The maximum Gasteiger partial charge on any atom is 0.133 e. The monoisotopic (exact) mass is 284 g/mol. The lowest BCUT2D eigenvalue weighted by Crippen LogP contribution is -2.02. The molecule has 0 amide bonds. The molecule has 2 rings (SSSR count). The van der Waals surface area contributed by atoms with Crippen molar-refractivity contribution in [2.75, 3.05) is 0 Å². The van der Waals surface area contributed by atoms with E-state index in [9.17, 15) is 5.11 Å². The molecule has 0 atom stereocenters. The summed E-state index contributed by atoms with van der Waals surface area (Å²) in [6.45, 7) is 2.45. The standard InChI is InChI=1S/C13H14Cl2N2O/c1-2-12-11(8-18)13(15)17(16-12)7-9-4-3-5-10(14)6-9/h3-6,18H,2,7-8H2,1H3. The van der Waals surface area contributed by atoms with Crippen LogP contribution in [0.15, 0.2) is 24.3 Å². The predicted molar refractivity (Wildman–Crippen MR) is 73.1 cm³/mol. The molecule has 0 spiro atoms. The molecule has 3 nitrogen and oxygen atoms in total. The second-order valence-electron chi connectivity index (χ2n) is 4.02. The van der Waals surface area contributed by atoms with Gasteiger partial charge < -0.3 is 5.11 Å². The minimum Gasteiger partial charge on any atom is -0.391 e. The number of rotatable bonds is 4. The highest BCUT2D eigenvalue weighted by Gasteiger charge is 2.14. The number of aryl methyl sites for hydroxylation is 1. The molecule has 0 radical (unpaired) electrons. The molecule has 0 aliphatic rings. The van der Waals surface area contributed by atoms with Crippen LogP contribution in [0.25, 0.3) is 0 Å². The molecule has 18 heavy (non-hydrogen) atoms. The highest BCUT2D eigenvalue weighted by molar-refractivity contribution is 6.30. The molecule has 1 aromatic heterocycles. The lowest BCUT2D eigenvalue weighted by Gasteiger charge is -2.04. The second kappa shape index (κ2) is 5.74. The van der Waals surface area contributed by atoms with Crippen molar-refractivity contribution >= 4 is 23.2 Å². The Hall–Kier alpha value is -1.03. The first-order valence-corrected chi connectivity index (χ1v) is 6.50. The van der Waals surface area contributed by atoms with Crippen molar-refractivity contribution in [1.82, 2.24) is 9.78 Å². The largest absolute Gasteiger partial charge is 0.391 e. The van der Waals surface area contributed by atoms with Gasteiger partial charge in [0, 0.05) is 10.6 Å². The van der Waals surface area contributed by atoms with E-state index >= 15 is 0 Å². The fourth-order valence-corrected chi connectivity index (χ4v) is 2.36. The zero-order valence-corrected chi connectivity index (χ0v) is 11.5. The van der Waals surface area contributed by atoms with Crippen LogP contribution in [0, 0.1) is 0 Å². The van der Waals surface area contributed by atoms with Crippen LogP contribution in [-0.4, -0.2) is 14.9 Å². The topological polar surface area (TPSA) is 38.0 Å². The van der Waals surface area contributed by atoms with Crippen LogP contribution in [0.2, 0.25) is 10.2 Å². The number of hydrogen-bond acceptors (Lipinski definition) is 2. The fraction of sp³-hybridized carbons (Fsp3) is 0.308. The molecular formula is C13H14Cl2N2O. The molecule has 1 heterocycles. The normalized spacial score (nSPS) is 10.9. The molecule has 0 aliphatic heterocycles. The van der Waals surface area contributed by atoms with Crippen LogP contribution < -0.4 is 0 Å². The summed E-state index contributed by atoms with van der Waals surface area (Å²) >= 11 is 12.1. The molecule has 0 unspecified atom stereocenters. The molecule has 0 saturated heterocycles. The predicted octanol–water partition coefficient (Wildman–Crippen LogP) is 3.29. The summed E-state index contributed by atoms with van der Waals surface area (Å²) in [5, 5.41) is 14.9. The van der Waals surface area contributed by atoms with E-state index in [0.717, 1.165) is 17.7 Å². The highest BCUT2D eigenvalue weighted by Crippen LogP contribution is 2.22. The van der Waals surface area contributed by atoms with Gasteiger partial charge in [0.05, 0.1) is 18.8 Å². The zero-order valence-electron chi connectivity index (χ0n) is 10.0. The van der Waals surface area contributed by atoms with Gasteiger partial charge in [0.25, 0.3) is 0 Å². The lowest BCUT2D eigenvalue weighted by molar-refractivity contribution is 0.280. The number of aliphatic hydroxyl groups is 1. The maximum atomic E-state index is 9.30. The summed E-state index contributed by atoms with van der Waals surface area (Å²) in [5.74, 6) is 0. The molecule has 0 aliphatic carbocycles. The van der Waals surface area contributed by atoms with Crippen LogP contribution in [0.5, 0.6) is 0 Å². The Balaban J connectivity index is 2.32. The van der Waals surface area contributed by atoms with Gasteiger partial charge in [0.2, 0.25) is 0 Å². The average molecular weight is 285 g/mol. The molecule has 96 valence electrons. The summed E-state index contributed by atoms with van der Waals surface area (Å²) in [6.07, 6.45) is 0.748. The van der Waals surface area contributed by atoms with E-state index in [1.807, 2.05) is 31.2 Å². The zero-order chi connectivity index (χ0) is 13.1. The molecule has 0 saturated carbocycles. The van der Waals surface area contributed by atoms with Crippen molar-refractivity contribution in [3.05, 3.63) is 51.3 Å². The Morgan fingerprint density at radius 1 is 1.33 bits per heavy atom. The Labute approximate surface area is 116 Å². The summed E-state index contributed by atoms with van der Waals surface area (Å²) in [6, 6.07) is 7.56. The molecule has 2 aromatic rings. The summed E-state index contributed by atoms with van der Waals surface area (Å²) in [5.41, 5.74) is 2.57. The van der Waals surface area contributed by atoms with Gasteiger partial charge in [-0.1, -0.05) is 42.3 Å². The summed E-state index contributed by atoms with van der Waals surface area (Å²) in [4.78, 5) is 0. The van der Waals surface area contributed by atoms with Gasteiger partial charge >= 0.3 is 0 Å². The average Bonchev–Trinajstić information content (AvgIpc) is 2.66. The van der Waals surface area contributed by atoms with Crippen LogP contribution in [-0.2, 0) is 19.6 Å². The van der Waals surface area contributed by atoms with Gasteiger partial charge in [-0.05, 0) is 24.1 Å². The van der Waals surface area contributed by atoms with Gasteiger partial charge in [0.15, 0.2) is 0 Å². The first-order chi connectivity index (χ1) is 8.65. The maximum absolute atomic E-state index is 9.30. The van der Waals surface area contributed by atoms with Crippen molar-refractivity contribution in [3.63, 3.8) is 0 Å². The lowest BCUT2D eigenvalue weighted by atomic mass is 10.2. The number of aromatic nitrogens is 2. The van der Waals surface area contributed by atoms with Crippen LogP contribution >= 0.6 is 23.2 Å². The number of benzene rings is 1. The van der Waals surface area contributed by atoms with Crippen LogP contribution in [0.1, 0.15) is 23.7 Å². The quantitative estimate of drug-likeness (QED) is 0.936. The van der Waals surface area contributed by atoms with E-state index in [4.69, 9.17) is 23.2 Å². The molecule has 0 fully saturated rings. The smallest absolute Gasteiger partial charge is 0.133 e. The third-order valence-electron chi connectivity index (χ3n) is 2.78. The van der Waals surface area contributed by atoms with E-state index in [-0.39, 0.29) is 6.61 Å². The Kier molecular flexibility index (Phi) is 4.27. The number of nitrogens with zero attached hydrogens (tertiary/aromatic N) is 2. The molecule has 1 aromatic carbocycles. The third kappa shape index (κ3) is 2.69. The van der Waals surface area contributed by atoms with E-state index in [0.29, 0.717) is 22.3 Å². The van der Waals surface area contributed by atoms with Gasteiger partial charge in [-0.25, -0.2) is 4.68 Å². The first kappa shape index (κ1) is 13.4. The van der Waals surface area contributed by atoms with E-state index < -0.39 is 0 Å². The fourth-order valence-electron chi connectivity index (χ4n) is 1.88. The highest BCUT2D eigenvalue weighted by atomic mass is 35.5. The van der Waals surface area contributed by atoms with Gasteiger partial charge in [-0.15, -0.1) is 0 Å². The van der Waals surface area contributed by atoms with E-state index in [2.05, 4.69) is 5.10 Å². The van der Waals surface area contributed by atoms with E-state index in [1.54, 1.807) is 4.68 Å². The molecule has 1 N–H and O–H groups in total. The SMILES string of the molecule is CCc1nn(Cc2cccc(Cl)c2)c(Cl)c1CO. The third-order valence-corrected chi connectivity index (χ3v) is 3.44. The van der Waals surface area contributed by atoms with Crippen molar-refractivity contribution in [1.29, 1.82) is 0 Å². The van der Waals surface area contributed by atoms with Crippen molar-refractivity contribution < 1.29 is 5.11 Å². The van der Waals surface area contributed by atoms with Gasteiger partial charge in [-0.2, -0.15) is 5.10 Å². The second-order valence-corrected chi connectivity index (χ2v) is 4.81. The minimum absolute atomic E-state index is 0.0858. The number of aliphatic hydroxyl groups excluding tert-OH is 1. The minimum atomic E-state index is -0.0858. The summed E-state index contributed by atoms with van der Waals surface area (Å²) < 4.78 is 1.69. The van der Waals surface area contributed by atoms with E-state index in [1.165, 1.54) is 0 Å². The molecule has 0 bridgehead atoms. The van der Waals surface area contributed by atoms with Crippen LogP contribution in [0.4, 0.5) is 0 Å². The Morgan fingerprint density at radius 3 is 2.67 bits per heavy atom. The van der Waals surface area contributed by atoms with Crippen molar-refractivity contribution in [3.8, 4) is 0 Å². The van der Waals surface area contributed by atoms with Crippen LogP contribution in [0.3, 0.4) is 0 Å². The van der Waals surface area contributed by atoms with Crippen molar-refractivity contribution in [2.24, 2.45) is 0 Å².